The van der Waals surface area contributed by atoms with E-state index < -0.39 is 10.8 Å². The highest BCUT2D eigenvalue weighted by Crippen LogP contribution is 2.17. The van der Waals surface area contributed by atoms with Crippen molar-refractivity contribution < 1.29 is 14.1 Å². The first-order valence-corrected chi connectivity index (χ1v) is 7.96. The first-order valence-electron chi connectivity index (χ1n) is 6.47. The van der Waals surface area contributed by atoms with Crippen LogP contribution in [0.25, 0.3) is 0 Å². The summed E-state index contributed by atoms with van der Waals surface area (Å²) < 4.78 is 11.4. The molecule has 4 nitrogen and oxygen atoms in total. The standard InChI is InChI=1S/C14H21NO3S/c1-2-6-13(12-7-4-3-5-8-12)15-14(17)11-19(18)10-9-16/h3-5,7-8,13,16H,2,6,9-11H2,1H3,(H,15,17). The van der Waals surface area contributed by atoms with Crippen LogP contribution in [0.4, 0.5) is 0 Å². The molecule has 0 saturated carbocycles. The molecule has 0 radical (unpaired) electrons. The first kappa shape index (κ1) is 15.9. The maximum atomic E-state index is 11.8. The summed E-state index contributed by atoms with van der Waals surface area (Å²) in [6, 6.07) is 9.73. The van der Waals surface area contributed by atoms with Crippen LogP contribution in [0.2, 0.25) is 0 Å². The molecular weight excluding hydrogens is 262 g/mol. The van der Waals surface area contributed by atoms with E-state index in [1.165, 1.54) is 0 Å². The summed E-state index contributed by atoms with van der Waals surface area (Å²) >= 11 is 0. The second-order valence-corrected chi connectivity index (χ2v) is 5.91. The average Bonchev–Trinajstić information content (AvgIpc) is 2.39. The number of aliphatic hydroxyl groups is 1. The fourth-order valence-corrected chi connectivity index (χ4v) is 2.58. The SMILES string of the molecule is CCCC(NC(=O)CS(=O)CCO)c1ccccc1. The Kier molecular flexibility index (Phi) is 7.36. The number of carbonyl (C=O) groups excluding carboxylic acids is 1. The monoisotopic (exact) mass is 283 g/mol. The van der Waals surface area contributed by atoms with Gasteiger partial charge in [0.2, 0.25) is 5.91 Å². The van der Waals surface area contributed by atoms with E-state index >= 15 is 0 Å². The van der Waals surface area contributed by atoms with Gasteiger partial charge in [0.25, 0.3) is 0 Å². The van der Waals surface area contributed by atoms with Crippen molar-refractivity contribution in [2.24, 2.45) is 0 Å². The van der Waals surface area contributed by atoms with Crippen molar-refractivity contribution in [2.45, 2.75) is 25.8 Å². The van der Waals surface area contributed by atoms with Crippen LogP contribution in [0, 0.1) is 0 Å². The zero-order valence-corrected chi connectivity index (χ0v) is 12.0. The molecule has 0 fully saturated rings. The van der Waals surface area contributed by atoms with E-state index in [0.717, 1.165) is 18.4 Å². The second kappa shape index (κ2) is 8.82. The quantitative estimate of drug-likeness (QED) is 0.757. The minimum Gasteiger partial charge on any atom is -0.395 e. The van der Waals surface area contributed by atoms with Gasteiger partial charge in [-0.15, -0.1) is 0 Å². The van der Waals surface area contributed by atoms with E-state index in [4.69, 9.17) is 5.11 Å². The molecule has 106 valence electrons. The molecule has 1 aromatic carbocycles. The van der Waals surface area contributed by atoms with Crippen molar-refractivity contribution in [2.75, 3.05) is 18.1 Å². The summed E-state index contributed by atoms with van der Waals surface area (Å²) in [5, 5.41) is 11.6. The number of benzene rings is 1. The molecule has 2 N–H and O–H groups in total. The molecule has 0 heterocycles. The third kappa shape index (κ3) is 5.98. The number of amides is 1. The highest BCUT2D eigenvalue weighted by Gasteiger charge is 2.15. The Morgan fingerprint density at radius 1 is 1.37 bits per heavy atom. The van der Waals surface area contributed by atoms with Gasteiger partial charge in [-0.3, -0.25) is 9.00 Å². The number of rotatable bonds is 8. The molecule has 1 rings (SSSR count). The fraction of sp³-hybridized carbons (Fsp3) is 0.500. The van der Waals surface area contributed by atoms with E-state index in [9.17, 15) is 9.00 Å². The lowest BCUT2D eigenvalue weighted by atomic mass is 10.0. The van der Waals surface area contributed by atoms with E-state index in [0.29, 0.717) is 0 Å². The van der Waals surface area contributed by atoms with Crippen molar-refractivity contribution in [1.29, 1.82) is 0 Å². The molecule has 0 aromatic heterocycles. The van der Waals surface area contributed by atoms with Crippen LogP contribution < -0.4 is 5.32 Å². The Morgan fingerprint density at radius 3 is 2.63 bits per heavy atom. The molecule has 0 aliphatic carbocycles. The van der Waals surface area contributed by atoms with E-state index in [1.807, 2.05) is 30.3 Å². The number of carbonyl (C=O) groups is 1. The van der Waals surface area contributed by atoms with Gasteiger partial charge in [-0.05, 0) is 12.0 Å². The third-order valence-corrected chi connectivity index (χ3v) is 3.95. The Morgan fingerprint density at radius 2 is 2.05 bits per heavy atom. The third-order valence-electron chi connectivity index (χ3n) is 2.73. The normalized spacial score (nSPS) is 13.8. The van der Waals surface area contributed by atoms with E-state index in [-0.39, 0.29) is 30.1 Å². The molecule has 0 spiro atoms. The molecule has 1 amide bonds. The first-order chi connectivity index (χ1) is 9.17. The topological polar surface area (TPSA) is 66.4 Å². The van der Waals surface area contributed by atoms with Crippen LogP contribution >= 0.6 is 0 Å². The van der Waals surface area contributed by atoms with Gasteiger partial charge in [0.15, 0.2) is 0 Å². The molecule has 2 atom stereocenters. The molecule has 5 heteroatoms. The molecule has 19 heavy (non-hydrogen) atoms. The molecule has 0 saturated heterocycles. The van der Waals surface area contributed by atoms with Gasteiger partial charge in [-0.1, -0.05) is 43.7 Å². The number of hydrogen-bond acceptors (Lipinski definition) is 3. The number of nitrogens with one attached hydrogen (secondary N) is 1. The van der Waals surface area contributed by atoms with Crippen molar-refractivity contribution in [3.05, 3.63) is 35.9 Å². The van der Waals surface area contributed by atoms with Crippen LogP contribution in [0.1, 0.15) is 31.4 Å². The second-order valence-electron chi connectivity index (χ2n) is 4.33. The predicted molar refractivity (Wildman–Crippen MR) is 77.2 cm³/mol. The molecule has 0 aliphatic heterocycles. The van der Waals surface area contributed by atoms with Gasteiger partial charge in [0, 0.05) is 16.6 Å². The molecule has 0 aliphatic rings. The summed E-state index contributed by atoms with van der Waals surface area (Å²) in [6.07, 6.45) is 1.81. The van der Waals surface area contributed by atoms with Crippen molar-refractivity contribution in [3.63, 3.8) is 0 Å². The molecule has 1 aromatic rings. The average molecular weight is 283 g/mol. The Balaban J connectivity index is 2.59. The molecule has 0 bridgehead atoms. The largest absolute Gasteiger partial charge is 0.395 e. The molecule has 2 unspecified atom stereocenters. The maximum absolute atomic E-state index is 11.8. The lowest BCUT2D eigenvalue weighted by Crippen LogP contribution is -2.32. The predicted octanol–water partition coefficient (Wildman–Crippen LogP) is 1.39. The minimum absolute atomic E-state index is 0.0372. The van der Waals surface area contributed by atoms with Crippen LogP contribution in [0.15, 0.2) is 30.3 Å². The van der Waals surface area contributed by atoms with Crippen molar-refractivity contribution in [1.82, 2.24) is 5.32 Å². The van der Waals surface area contributed by atoms with Gasteiger partial charge in [-0.25, -0.2) is 0 Å². The summed E-state index contributed by atoms with van der Waals surface area (Å²) in [7, 11) is -1.29. The van der Waals surface area contributed by atoms with Crippen LogP contribution in [0.5, 0.6) is 0 Å². The maximum Gasteiger partial charge on any atom is 0.233 e. The lowest BCUT2D eigenvalue weighted by molar-refractivity contribution is -0.119. The van der Waals surface area contributed by atoms with Crippen LogP contribution in [-0.4, -0.2) is 33.3 Å². The summed E-state index contributed by atoms with van der Waals surface area (Å²) in [6.45, 7) is 1.91. The zero-order chi connectivity index (χ0) is 14.1. The Bertz CT molecular complexity index is 408. The van der Waals surface area contributed by atoms with Crippen LogP contribution in [-0.2, 0) is 15.6 Å². The van der Waals surface area contributed by atoms with Gasteiger partial charge in [-0.2, -0.15) is 0 Å². The zero-order valence-electron chi connectivity index (χ0n) is 11.2. The lowest BCUT2D eigenvalue weighted by Gasteiger charge is -2.18. The fourth-order valence-electron chi connectivity index (χ4n) is 1.85. The van der Waals surface area contributed by atoms with E-state index in [2.05, 4.69) is 12.2 Å². The van der Waals surface area contributed by atoms with Gasteiger partial charge in [0.05, 0.1) is 12.6 Å². The van der Waals surface area contributed by atoms with Crippen LogP contribution in [0.3, 0.4) is 0 Å². The highest BCUT2D eigenvalue weighted by molar-refractivity contribution is 7.85. The van der Waals surface area contributed by atoms with Gasteiger partial charge >= 0.3 is 0 Å². The molecular formula is C14H21NO3S. The van der Waals surface area contributed by atoms with E-state index in [1.54, 1.807) is 0 Å². The Hall–Kier alpha value is -1.20. The minimum atomic E-state index is -1.29. The number of aliphatic hydroxyl groups excluding tert-OH is 1. The van der Waals surface area contributed by atoms with Crippen molar-refractivity contribution in [3.8, 4) is 0 Å². The highest BCUT2D eigenvalue weighted by atomic mass is 32.2. The summed E-state index contributed by atoms with van der Waals surface area (Å²) in [5.41, 5.74) is 1.06. The number of hydrogen-bond donors (Lipinski definition) is 2. The Labute approximate surface area is 116 Å². The summed E-state index contributed by atoms with van der Waals surface area (Å²) in [4.78, 5) is 11.8. The van der Waals surface area contributed by atoms with Crippen molar-refractivity contribution >= 4 is 16.7 Å². The van der Waals surface area contributed by atoms with Gasteiger partial charge < -0.3 is 10.4 Å². The smallest absolute Gasteiger partial charge is 0.233 e. The van der Waals surface area contributed by atoms with Gasteiger partial charge in [0.1, 0.15) is 5.75 Å². The summed E-state index contributed by atoms with van der Waals surface area (Å²) in [5.74, 6) is -0.126.